The number of benzene rings is 2. The fourth-order valence-corrected chi connectivity index (χ4v) is 7.03. The van der Waals surface area contributed by atoms with Gasteiger partial charge in [-0.2, -0.15) is 0 Å². The van der Waals surface area contributed by atoms with Crippen molar-refractivity contribution >= 4 is 23.6 Å². The van der Waals surface area contributed by atoms with Gasteiger partial charge in [0.2, 0.25) is 5.91 Å². The number of amides is 2. The average molecular weight is 552 g/mol. The van der Waals surface area contributed by atoms with Crippen LogP contribution in [0.3, 0.4) is 0 Å². The normalized spacial score (nSPS) is 22.5. The Balaban J connectivity index is 1.49. The Labute approximate surface area is 238 Å². The summed E-state index contributed by atoms with van der Waals surface area (Å²) >= 11 is 1.73. The van der Waals surface area contributed by atoms with Gasteiger partial charge in [0.1, 0.15) is 5.75 Å². The van der Waals surface area contributed by atoms with E-state index in [1.807, 2.05) is 39.0 Å². The van der Waals surface area contributed by atoms with E-state index in [2.05, 4.69) is 27.7 Å². The van der Waals surface area contributed by atoms with Gasteiger partial charge < -0.3 is 15.7 Å². The van der Waals surface area contributed by atoms with Crippen LogP contribution < -0.4 is 10.6 Å². The van der Waals surface area contributed by atoms with E-state index in [0.29, 0.717) is 23.0 Å². The molecule has 6 nitrogen and oxygen atoms in total. The largest absolute Gasteiger partial charge is 0.508 e. The molecule has 0 aromatic heterocycles. The Morgan fingerprint density at radius 1 is 1.05 bits per heavy atom. The van der Waals surface area contributed by atoms with Gasteiger partial charge in [0.15, 0.2) is 0 Å². The van der Waals surface area contributed by atoms with Gasteiger partial charge in [-0.15, -0.1) is 11.8 Å². The van der Waals surface area contributed by atoms with Gasteiger partial charge in [-0.25, -0.2) is 0 Å². The number of rotatable bonds is 9. The highest BCUT2D eigenvalue weighted by atomic mass is 32.2. The van der Waals surface area contributed by atoms with E-state index < -0.39 is 0 Å². The van der Waals surface area contributed by atoms with Crippen LogP contribution in [0, 0.1) is 18.8 Å². The second-order valence-corrected chi connectivity index (χ2v) is 13.4. The maximum atomic E-state index is 13.4. The molecule has 2 fully saturated rings. The summed E-state index contributed by atoms with van der Waals surface area (Å²) < 4.78 is 0. The third-order valence-electron chi connectivity index (χ3n) is 8.15. The number of aromatic hydroxyl groups is 1. The molecule has 1 aliphatic heterocycles. The minimum atomic E-state index is -0.270. The lowest BCUT2D eigenvalue weighted by Gasteiger charge is -2.46. The predicted molar refractivity (Wildman–Crippen MR) is 159 cm³/mol. The van der Waals surface area contributed by atoms with Crippen molar-refractivity contribution < 1.29 is 14.7 Å². The number of thioether (sulfide) groups is 1. The fourth-order valence-electron chi connectivity index (χ4n) is 6.04. The van der Waals surface area contributed by atoms with Crippen LogP contribution in [0.5, 0.6) is 5.75 Å². The first-order chi connectivity index (χ1) is 18.6. The van der Waals surface area contributed by atoms with Gasteiger partial charge in [0.05, 0.1) is 6.04 Å². The molecule has 1 saturated heterocycles. The number of carbonyl (C=O) groups excluding carboxylic acids is 2. The summed E-state index contributed by atoms with van der Waals surface area (Å²) in [6, 6.07) is 15.1. The van der Waals surface area contributed by atoms with E-state index in [1.54, 1.807) is 36.9 Å². The van der Waals surface area contributed by atoms with E-state index in [1.165, 1.54) is 25.7 Å². The molecule has 0 bridgehead atoms. The molecule has 2 aliphatic rings. The number of fused-ring (bicyclic) bond motifs is 1. The zero-order valence-corrected chi connectivity index (χ0v) is 24.7. The quantitative estimate of drug-likeness (QED) is 0.345. The van der Waals surface area contributed by atoms with Crippen LogP contribution in [-0.4, -0.2) is 58.3 Å². The average Bonchev–Trinajstić information content (AvgIpc) is 2.90. The number of carbonyl (C=O) groups is 2. The molecule has 1 unspecified atom stereocenters. The number of phenols is 1. The Morgan fingerprint density at radius 2 is 1.77 bits per heavy atom. The van der Waals surface area contributed by atoms with Crippen molar-refractivity contribution in [2.45, 2.75) is 88.7 Å². The highest BCUT2D eigenvalue weighted by Crippen LogP contribution is 2.39. The molecule has 4 atom stereocenters. The standard InChI is InChI=1S/C32H45N3O3S/c1-22-27(15-10-16-29(22)36)30(37)33-25(21-39-26-13-6-5-7-14-26)17-18-35-20-24-12-9-8-11-23(24)19-28(35)31(38)34-32(2,3)4/h5-7,10,13-16,23-25,28,36H,8-9,11-12,17-21H2,1-4H3,(H,33,37)(H,34,38)/t23-,24+,25?,28-/m0/s1. The highest BCUT2D eigenvalue weighted by Gasteiger charge is 2.40. The van der Waals surface area contributed by atoms with Crippen molar-refractivity contribution in [3.63, 3.8) is 0 Å². The molecule has 1 saturated carbocycles. The van der Waals surface area contributed by atoms with Crippen LogP contribution in [-0.2, 0) is 4.79 Å². The van der Waals surface area contributed by atoms with E-state index in [9.17, 15) is 14.7 Å². The topological polar surface area (TPSA) is 81.7 Å². The van der Waals surface area contributed by atoms with Crippen molar-refractivity contribution in [1.82, 2.24) is 15.5 Å². The van der Waals surface area contributed by atoms with Gasteiger partial charge in [-0.1, -0.05) is 43.5 Å². The van der Waals surface area contributed by atoms with Gasteiger partial charge in [-0.05, 0) is 83.1 Å². The number of nitrogens with one attached hydrogen (secondary N) is 2. The smallest absolute Gasteiger partial charge is 0.251 e. The Morgan fingerprint density at radius 3 is 2.49 bits per heavy atom. The van der Waals surface area contributed by atoms with Crippen molar-refractivity contribution in [2.75, 3.05) is 18.8 Å². The van der Waals surface area contributed by atoms with Gasteiger partial charge >= 0.3 is 0 Å². The second-order valence-electron chi connectivity index (χ2n) is 12.3. The summed E-state index contributed by atoms with van der Waals surface area (Å²) in [5.41, 5.74) is 0.812. The summed E-state index contributed by atoms with van der Waals surface area (Å²) in [7, 11) is 0. The van der Waals surface area contributed by atoms with Crippen LogP contribution in [0.15, 0.2) is 53.4 Å². The zero-order valence-electron chi connectivity index (χ0n) is 23.9. The lowest BCUT2D eigenvalue weighted by molar-refractivity contribution is -0.131. The number of hydrogen-bond acceptors (Lipinski definition) is 5. The Bertz CT molecular complexity index is 1120. The molecule has 0 radical (unpaired) electrons. The lowest BCUT2D eigenvalue weighted by Crippen LogP contribution is -2.58. The van der Waals surface area contributed by atoms with Crippen molar-refractivity contribution in [1.29, 1.82) is 0 Å². The SMILES string of the molecule is Cc1c(O)cccc1C(=O)NC(CCN1C[C@H]2CCCC[C@H]2C[C@H]1C(=O)NC(C)(C)C)CSc1ccccc1. The van der Waals surface area contributed by atoms with Crippen LogP contribution in [0.4, 0.5) is 0 Å². The third kappa shape index (κ3) is 8.24. The molecule has 7 heteroatoms. The third-order valence-corrected chi connectivity index (χ3v) is 9.32. The first-order valence-electron chi connectivity index (χ1n) is 14.4. The molecule has 2 aromatic carbocycles. The fraction of sp³-hybridized carbons (Fsp3) is 0.562. The molecular formula is C32H45N3O3S. The number of phenolic OH excluding ortho intramolecular Hbond substituents is 1. The summed E-state index contributed by atoms with van der Waals surface area (Å²) in [5.74, 6) is 2.09. The van der Waals surface area contributed by atoms with Gasteiger partial charge in [-0.3, -0.25) is 14.5 Å². The van der Waals surface area contributed by atoms with Crippen LogP contribution in [0.25, 0.3) is 0 Å². The predicted octanol–water partition coefficient (Wildman–Crippen LogP) is 5.78. The molecule has 3 N–H and O–H groups in total. The molecule has 4 rings (SSSR count). The van der Waals surface area contributed by atoms with E-state index in [-0.39, 0.29) is 35.2 Å². The van der Waals surface area contributed by atoms with Crippen molar-refractivity contribution in [3.05, 3.63) is 59.7 Å². The molecule has 1 aliphatic carbocycles. The van der Waals surface area contributed by atoms with Crippen molar-refractivity contribution in [3.8, 4) is 5.75 Å². The zero-order chi connectivity index (χ0) is 28.0. The monoisotopic (exact) mass is 551 g/mol. The van der Waals surface area contributed by atoms with Crippen LogP contribution >= 0.6 is 11.8 Å². The van der Waals surface area contributed by atoms with E-state index >= 15 is 0 Å². The van der Waals surface area contributed by atoms with Crippen molar-refractivity contribution in [2.24, 2.45) is 11.8 Å². The first kappa shape index (κ1) is 29.5. The molecule has 1 heterocycles. The molecule has 2 aromatic rings. The Kier molecular flexibility index (Phi) is 10.00. The van der Waals surface area contributed by atoms with Crippen LogP contribution in [0.2, 0.25) is 0 Å². The summed E-state index contributed by atoms with van der Waals surface area (Å²) in [6.07, 6.45) is 6.70. The first-order valence-corrected chi connectivity index (χ1v) is 15.4. The number of hydrogen-bond donors (Lipinski definition) is 3. The number of nitrogens with zero attached hydrogens (tertiary/aromatic N) is 1. The minimum absolute atomic E-state index is 0.0835. The summed E-state index contributed by atoms with van der Waals surface area (Å²) in [6.45, 7) is 9.59. The molecule has 2 amide bonds. The lowest BCUT2D eigenvalue weighted by atomic mass is 9.72. The van der Waals surface area contributed by atoms with Gasteiger partial charge in [0.25, 0.3) is 5.91 Å². The summed E-state index contributed by atoms with van der Waals surface area (Å²) in [4.78, 5) is 30.3. The Hall–Kier alpha value is -2.51. The molecule has 39 heavy (non-hydrogen) atoms. The van der Waals surface area contributed by atoms with E-state index in [4.69, 9.17) is 0 Å². The minimum Gasteiger partial charge on any atom is -0.508 e. The molecule has 0 spiro atoms. The molecular weight excluding hydrogens is 506 g/mol. The van der Waals surface area contributed by atoms with Gasteiger partial charge in [0, 0.05) is 46.4 Å². The maximum absolute atomic E-state index is 13.4. The highest BCUT2D eigenvalue weighted by molar-refractivity contribution is 7.99. The van der Waals surface area contributed by atoms with E-state index in [0.717, 1.165) is 36.6 Å². The molecule has 212 valence electrons. The summed E-state index contributed by atoms with van der Waals surface area (Å²) in [5, 5.41) is 16.6. The number of piperidine rings is 1. The maximum Gasteiger partial charge on any atom is 0.251 e. The number of likely N-dealkylation sites (tertiary alicyclic amines) is 1. The second kappa shape index (κ2) is 13.2. The van der Waals surface area contributed by atoms with Crippen LogP contribution in [0.1, 0.15) is 75.2 Å².